The van der Waals surface area contributed by atoms with E-state index in [0.717, 1.165) is 18.4 Å². The second-order valence-corrected chi connectivity index (χ2v) is 7.88. The van der Waals surface area contributed by atoms with Gasteiger partial charge in [0.15, 0.2) is 0 Å². The molecule has 0 heterocycles. The molecule has 0 aromatic heterocycles. The van der Waals surface area contributed by atoms with E-state index in [4.69, 9.17) is 4.74 Å². The highest BCUT2D eigenvalue weighted by Gasteiger charge is 2.22. The Morgan fingerprint density at radius 3 is 2.26 bits per heavy atom. The Kier molecular flexibility index (Phi) is 9.36. The van der Waals surface area contributed by atoms with Gasteiger partial charge >= 0.3 is 12.0 Å². The second kappa shape index (κ2) is 12.9. The van der Waals surface area contributed by atoms with Crippen LogP contribution >= 0.6 is 0 Å². The first kappa shape index (κ1) is 25.4. The quantitative estimate of drug-likeness (QED) is 0.278. The number of hydrogen-bond donors (Lipinski definition) is 3. The predicted octanol–water partition coefficient (Wildman–Crippen LogP) is 5.15. The zero-order valence-corrected chi connectivity index (χ0v) is 19.4. The van der Waals surface area contributed by atoms with E-state index >= 15 is 0 Å². The molecule has 35 heavy (non-hydrogen) atoms. The lowest BCUT2D eigenvalue weighted by atomic mass is 10.1. The minimum absolute atomic E-state index is 0.00489. The monoisotopic (exact) mass is 477 g/mol. The van der Waals surface area contributed by atoms with E-state index < -0.39 is 29.8 Å². The number of urea groups is 1. The third-order valence-corrected chi connectivity index (χ3v) is 5.15. The molecule has 3 rings (SSSR count). The third-order valence-electron chi connectivity index (χ3n) is 5.15. The van der Waals surface area contributed by atoms with Gasteiger partial charge in [0.1, 0.15) is 11.9 Å². The molecule has 0 aliphatic rings. The summed E-state index contributed by atoms with van der Waals surface area (Å²) in [6, 6.07) is 19.6. The van der Waals surface area contributed by atoms with Crippen LogP contribution in [0.15, 0.2) is 78.9 Å². The first-order valence-corrected chi connectivity index (χ1v) is 11.4. The number of anilines is 2. The van der Waals surface area contributed by atoms with E-state index in [1.165, 1.54) is 18.2 Å². The molecule has 3 N–H and O–H groups in total. The van der Waals surface area contributed by atoms with Crippen molar-refractivity contribution in [3.63, 3.8) is 0 Å². The number of para-hydroxylation sites is 1. The highest BCUT2D eigenvalue weighted by molar-refractivity contribution is 5.99. The SMILES string of the molecule is CCCCOC(=O)c1ccc(NC(=O)C(Cc2ccccc2)NC(=O)Nc2ccccc2F)cc1. The van der Waals surface area contributed by atoms with Gasteiger partial charge in [0.05, 0.1) is 17.9 Å². The van der Waals surface area contributed by atoms with Crippen LogP contribution in [-0.4, -0.2) is 30.6 Å². The highest BCUT2D eigenvalue weighted by atomic mass is 19.1. The summed E-state index contributed by atoms with van der Waals surface area (Å²) in [4.78, 5) is 37.6. The molecule has 0 fully saturated rings. The van der Waals surface area contributed by atoms with Crippen LogP contribution in [0.1, 0.15) is 35.7 Å². The fourth-order valence-electron chi connectivity index (χ4n) is 3.25. The first-order chi connectivity index (χ1) is 17.0. The summed E-state index contributed by atoms with van der Waals surface area (Å²) in [5.41, 5.74) is 1.67. The van der Waals surface area contributed by atoms with Crippen molar-refractivity contribution in [3.05, 3.63) is 95.8 Å². The lowest BCUT2D eigenvalue weighted by Crippen LogP contribution is -2.47. The minimum Gasteiger partial charge on any atom is -0.462 e. The molecule has 3 amide bonds. The van der Waals surface area contributed by atoms with Crippen molar-refractivity contribution in [2.24, 2.45) is 0 Å². The minimum atomic E-state index is -0.942. The largest absolute Gasteiger partial charge is 0.462 e. The number of carbonyl (C=O) groups excluding carboxylic acids is 3. The number of hydrogen-bond acceptors (Lipinski definition) is 4. The van der Waals surface area contributed by atoms with Crippen LogP contribution in [0.25, 0.3) is 0 Å². The molecule has 0 aliphatic carbocycles. The molecule has 3 aromatic rings. The van der Waals surface area contributed by atoms with Gasteiger partial charge in [0.25, 0.3) is 0 Å². The van der Waals surface area contributed by atoms with Crippen molar-refractivity contribution < 1.29 is 23.5 Å². The highest BCUT2D eigenvalue weighted by Crippen LogP contribution is 2.14. The van der Waals surface area contributed by atoms with Gasteiger partial charge in [0, 0.05) is 12.1 Å². The van der Waals surface area contributed by atoms with Gasteiger partial charge in [-0.3, -0.25) is 4.79 Å². The number of rotatable bonds is 10. The fourth-order valence-corrected chi connectivity index (χ4v) is 3.25. The van der Waals surface area contributed by atoms with Crippen LogP contribution in [0.2, 0.25) is 0 Å². The summed E-state index contributed by atoms with van der Waals surface area (Å²) in [5, 5.41) is 7.80. The number of benzene rings is 3. The summed E-state index contributed by atoms with van der Waals surface area (Å²) in [5.74, 6) is -1.47. The molecule has 0 radical (unpaired) electrons. The Hall–Kier alpha value is -4.20. The summed E-state index contributed by atoms with van der Waals surface area (Å²) in [6.07, 6.45) is 1.94. The van der Waals surface area contributed by atoms with Crippen LogP contribution < -0.4 is 16.0 Å². The number of ether oxygens (including phenoxy) is 1. The Labute approximate surface area is 203 Å². The number of amides is 3. The lowest BCUT2D eigenvalue weighted by molar-refractivity contribution is -0.117. The van der Waals surface area contributed by atoms with Gasteiger partial charge in [-0.2, -0.15) is 0 Å². The van der Waals surface area contributed by atoms with Gasteiger partial charge in [-0.15, -0.1) is 0 Å². The van der Waals surface area contributed by atoms with Crippen LogP contribution in [0.5, 0.6) is 0 Å². The van der Waals surface area contributed by atoms with Crippen molar-refractivity contribution >= 4 is 29.3 Å². The molecule has 7 nitrogen and oxygen atoms in total. The lowest BCUT2D eigenvalue weighted by Gasteiger charge is -2.19. The van der Waals surface area contributed by atoms with Gasteiger partial charge < -0.3 is 20.7 Å². The summed E-state index contributed by atoms with van der Waals surface area (Å²) in [6.45, 7) is 2.37. The van der Waals surface area contributed by atoms with E-state index in [1.54, 1.807) is 30.3 Å². The molecule has 0 spiro atoms. The molecule has 0 bridgehead atoms. The number of nitrogens with one attached hydrogen (secondary N) is 3. The van der Waals surface area contributed by atoms with E-state index in [0.29, 0.717) is 17.9 Å². The normalized spacial score (nSPS) is 11.3. The molecular weight excluding hydrogens is 449 g/mol. The number of esters is 1. The van der Waals surface area contributed by atoms with Crippen molar-refractivity contribution in [1.82, 2.24) is 5.32 Å². The average Bonchev–Trinajstić information content (AvgIpc) is 2.86. The molecular formula is C27H28FN3O4. The Morgan fingerprint density at radius 1 is 0.886 bits per heavy atom. The maximum absolute atomic E-state index is 13.9. The second-order valence-electron chi connectivity index (χ2n) is 7.88. The van der Waals surface area contributed by atoms with Crippen molar-refractivity contribution in [2.75, 3.05) is 17.2 Å². The Bertz CT molecular complexity index is 1140. The van der Waals surface area contributed by atoms with Gasteiger partial charge in [-0.05, 0) is 48.4 Å². The number of carbonyl (C=O) groups is 3. The number of unbranched alkanes of at least 4 members (excludes halogenated alkanes) is 1. The zero-order chi connectivity index (χ0) is 25.0. The molecule has 1 atom stereocenters. The predicted molar refractivity (Wildman–Crippen MR) is 133 cm³/mol. The molecule has 1 unspecified atom stereocenters. The molecule has 0 saturated carbocycles. The summed E-state index contributed by atoms with van der Waals surface area (Å²) < 4.78 is 19.1. The van der Waals surface area contributed by atoms with E-state index in [-0.39, 0.29) is 12.1 Å². The first-order valence-electron chi connectivity index (χ1n) is 11.4. The van der Waals surface area contributed by atoms with Crippen LogP contribution in [0, 0.1) is 5.82 Å². The van der Waals surface area contributed by atoms with Gasteiger partial charge in [-0.25, -0.2) is 14.0 Å². The van der Waals surface area contributed by atoms with Gasteiger partial charge in [-0.1, -0.05) is 55.8 Å². The molecule has 3 aromatic carbocycles. The Balaban J connectivity index is 1.67. The van der Waals surface area contributed by atoms with E-state index in [9.17, 15) is 18.8 Å². The summed E-state index contributed by atoms with van der Waals surface area (Å²) >= 11 is 0. The molecule has 8 heteroatoms. The average molecular weight is 478 g/mol. The maximum atomic E-state index is 13.9. The Morgan fingerprint density at radius 2 is 1.57 bits per heavy atom. The van der Waals surface area contributed by atoms with E-state index in [2.05, 4.69) is 16.0 Å². The summed E-state index contributed by atoms with van der Waals surface area (Å²) in [7, 11) is 0. The van der Waals surface area contributed by atoms with Crippen molar-refractivity contribution in [2.45, 2.75) is 32.2 Å². The van der Waals surface area contributed by atoms with Crippen LogP contribution in [-0.2, 0) is 16.0 Å². The van der Waals surface area contributed by atoms with Crippen LogP contribution in [0.4, 0.5) is 20.6 Å². The maximum Gasteiger partial charge on any atom is 0.338 e. The van der Waals surface area contributed by atoms with Gasteiger partial charge in [0.2, 0.25) is 5.91 Å². The topological polar surface area (TPSA) is 96.5 Å². The molecule has 182 valence electrons. The van der Waals surface area contributed by atoms with E-state index in [1.807, 2.05) is 37.3 Å². The zero-order valence-electron chi connectivity index (χ0n) is 19.4. The molecule has 0 saturated heterocycles. The fraction of sp³-hybridized carbons (Fsp3) is 0.222. The number of halogens is 1. The standard InChI is InChI=1S/C27H28FN3O4/c1-2-3-17-35-26(33)20-13-15-21(16-14-20)29-25(32)24(18-19-9-5-4-6-10-19)31-27(34)30-23-12-8-7-11-22(23)28/h4-16,24H,2-3,17-18H2,1H3,(H,29,32)(H2,30,31,34). The third kappa shape index (κ3) is 7.96. The van der Waals surface area contributed by atoms with Crippen LogP contribution in [0.3, 0.4) is 0 Å². The molecule has 0 aliphatic heterocycles. The van der Waals surface area contributed by atoms with Crippen molar-refractivity contribution in [3.8, 4) is 0 Å². The smallest absolute Gasteiger partial charge is 0.338 e. The van der Waals surface area contributed by atoms with Crippen molar-refractivity contribution in [1.29, 1.82) is 0 Å².